The van der Waals surface area contributed by atoms with Gasteiger partial charge < -0.3 is 9.47 Å². The molecule has 0 fully saturated rings. The summed E-state index contributed by atoms with van der Waals surface area (Å²) in [5.74, 6) is 0.112. The Kier molecular flexibility index (Phi) is 7.20. The minimum atomic E-state index is -3.87. The molecule has 0 saturated carbocycles. The number of carbonyl (C=O) groups excluding carboxylic acids is 1. The second kappa shape index (κ2) is 9.85. The summed E-state index contributed by atoms with van der Waals surface area (Å²) in [6.45, 7) is 0.383. The number of rotatable bonds is 8. The lowest BCUT2D eigenvalue weighted by atomic mass is 10.1. The molecule has 3 aromatic carbocycles. The number of hydrogen-bond donors (Lipinski definition) is 0. The van der Waals surface area contributed by atoms with Crippen molar-refractivity contribution in [3.8, 4) is 5.75 Å². The number of anilines is 1. The van der Waals surface area contributed by atoms with Gasteiger partial charge in [0, 0.05) is 12.9 Å². The van der Waals surface area contributed by atoms with Crippen molar-refractivity contribution in [1.82, 2.24) is 0 Å². The number of benzene rings is 3. The van der Waals surface area contributed by atoms with Crippen LogP contribution in [0, 0.1) is 0 Å². The Morgan fingerprint density at radius 2 is 1.65 bits per heavy atom. The van der Waals surface area contributed by atoms with Crippen LogP contribution in [0.15, 0.2) is 77.7 Å². The predicted molar refractivity (Wildman–Crippen MR) is 120 cm³/mol. The monoisotopic (exact) mass is 459 g/mol. The average Bonchev–Trinajstić information content (AvgIpc) is 2.82. The number of esters is 1. The summed E-state index contributed by atoms with van der Waals surface area (Å²) in [4.78, 5) is 12.0. The number of sulfonamides is 1. The summed E-state index contributed by atoms with van der Waals surface area (Å²) in [5, 5.41) is 0. The quantitative estimate of drug-likeness (QED) is 0.363. The van der Waals surface area contributed by atoms with Crippen LogP contribution >= 0.6 is 11.6 Å². The number of hydrogen-bond acceptors (Lipinski definition) is 5. The Morgan fingerprint density at radius 1 is 0.968 bits per heavy atom. The van der Waals surface area contributed by atoms with Gasteiger partial charge >= 0.3 is 5.97 Å². The molecule has 0 bridgehead atoms. The van der Waals surface area contributed by atoms with E-state index in [0.717, 1.165) is 9.87 Å². The van der Waals surface area contributed by atoms with Crippen LogP contribution < -0.4 is 9.04 Å². The van der Waals surface area contributed by atoms with Crippen LogP contribution in [0.2, 0.25) is 0 Å². The summed E-state index contributed by atoms with van der Waals surface area (Å²) >= 11 is 5.91. The van der Waals surface area contributed by atoms with Crippen molar-refractivity contribution >= 4 is 33.3 Å². The van der Waals surface area contributed by atoms with E-state index in [1.807, 2.05) is 30.3 Å². The predicted octanol–water partition coefficient (Wildman–Crippen LogP) is 4.62. The van der Waals surface area contributed by atoms with Crippen molar-refractivity contribution in [3.63, 3.8) is 0 Å². The maximum absolute atomic E-state index is 13.1. The minimum absolute atomic E-state index is 0.0953. The Bertz CT molecular complexity index is 1150. The van der Waals surface area contributed by atoms with E-state index in [1.165, 1.54) is 32.4 Å². The van der Waals surface area contributed by atoms with Crippen molar-refractivity contribution in [2.75, 3.05) is 18.5 Å². The lowest BCUT2D eigenvalue weighted by Gasteiger charge is -2.21. The fourth-order valence-corrected chi connectivity index (χ4v) is 4.25. The molecule has 0 amide bonds. The fraction of sp³-hybridized carbons (Fsp3) is 0.174. The molecule has 3 rings (SSSR count). The summed E-state index contributed by atoms with van der Waals surface area (Å²) in [6, 6.07) is 20.5. The molecule has 6 nitrogen and oxygen atoms in total. The number of halogens is 1. The molecule has 0 aliphatic rings. The van der Waals surface area contributed by atoms with Gasteiger partial charge in [-0.1, -0.05) is 30.3 Å². The molecule has 31 heavy (non-hydrogen) atoms. The van der Waals surface area contributed by atoms with E-state index in [9.17, 15) is 13.2 Å². The zero-order valence-electron chi connectivity index (χ0n) is 17.1. The van der Waals surface area contributed by atoms with Crippen LogP contribution in [0.25, 0.3) is 0 Å². The molecule has 162 valence electrons. The fourth-order valence-electron chi connectivity index (χ4n) is 2.91. The summed E-state index contributed by atoms with van der Waals surface area (Å²) in [6.07, 6.45) is 0. The number of nitrogens with zero attached hydrogens (tertiary/aromatic N) is 1. The molecule has 0 aliphatic heterocycles. The summed E-state index contributed by atoms with van der Waals surface area (Å²) < 4.78 is 37.8. The third kappa shape index (κ3) is 5.37. The van der Waals surface area contributed by atoms with Gasteiger partial charge in [-0.25, -0.2) is 13.2 Å². The van der Waals surface area contributed by atoms with E-state index in [1.54, 1.807) is 24.3 Å². The summed E-state index contributed by atoms with van der Waals surface area (Å²) in [7, 11) is -1.19. The summed E-state index contributed by atoms with van der Waals surface area (Å²) in [5.41, 5.74) is 2.15. The van der Waals surface area contributed by atoms with Gasteiger partial charge in [-0.3, -0.25) is 4.31 Å². The highest BCUT2D eigenvalue weighted by atomic mass is 35.5. The van der Waals surface area contributed by atoms with E-state index in [0.29, 0.717) is 23.6 Å². The molecule has 0 unspecified atom stereocenters. The van der Waals surface area contributed by atoms with E-state index >= 15 is 0 Å². The van der Waals surface area contributed by atoms with Crippen molar-refractivity contribution in [2.45, 2.75) is 17.4 Å². The van der Waals surface area contributed by atoms with Gasteiger partial charge in [-0.2, -0.15) is 0 Å². The van der Waals surface area contributed by atoms with Crippen LogP contribution in [0.4, 0.5) is 5.69 Å². The topological polar surface area (TPSA) is 72.9 Å². The standard InChI is InChI=1S/C23H22ClNO5S/c1-25(20-13-18(15-24)12-19(14-20)23(26)29-2)31(27,28)22-10-8-21(9-11-22)30-16-17-6-4-3-5-7-17/h3-14H,15-16H2,1-2H3. The van der Waals surface area contributed by atoms with Crippen LogP contribution in [0.1, 0.15) is 21.5 Å². The molecule has 0 saturated heterocycles. The van der Waals surface area contributed by atoms with Crippen LogP contribution in [0.3, 0.4) is 0 Å². The maximum Gasteiger partial charge on any atom is 0.337 e. The number of methoxy groups -OCH3 is 1. The van der Waals surface area contributed by atoms with Gasteiger partial charge in [-0.05, 0) is 53.6 Å². The first-order valence-electron chi connectivity index (χ1n) is 9.39. The Balaban J connectivity index is 1.81. The van der Waals surface area contributed by atoms with Gasteiger partial charge in [0.15, 0.2) is 0 Å². The van der Waals surface area contributed by atoms with Crippen molar-refractivity contribution < 1.29 is 22.7 Å². The lowest BCUT2D eigenvalue weighted by molar-refractivity contribution is 0.0600. The number of carbonyl (C=O) groups is 1. The molecule has 0 N–H and O–H groups in total. The first kappa shape index (κ1) is 22.7. The Morgan fingerprint density at radius 3 is 2.26 bits per heavy atom. The van der Waals surface area contributed by atoms with Crippen LogP contribution in [-0.2, 0) is 27.2 Å². The normalized spacial score (nSPS) is 11.1. The zero-order valence-corrected chi connectivity index (χ0v) is 18.7. The van der Waals surface area contributed by atoms with E-state index in [-0.39, 0.29) is 16.3 Å². The zero-order chi connectivity index (χ0) is 22.4. The molecular weight excluding hydrogens is 438 g/mol. The molecule has 0 heterocycles. The number of alkyl halides is 1. The van der Waals surface area contributed by atoms with Gasteiger partial charge in [0.05, 0.1) is 23.3 Å². The smallest absolute Gasteiger partial charge is 0.337 e. The third-order valence-corrected chi connectivity index (χ3v) is 6.76. The number of ether oxygens (including phenoxy) is 2. The van der Waals surface area contributed by atoms with E-state index in [2.05, 4.69) is 0 Å². The molecular formula is C23H22ClNO5S. The molecule has 0 atom stereocenters. The van der Waals surface area contributed by atoms with Crippen LogP contribution in [0.5, 0.6) is 5.75 Å². The SMILES string of the molecule is COC(=O)c1cc(CCl)cc(N(C)S(=O)(=O)c2ccc(OCc3ccccc3)cc2)c1. The second-order valence-electron chi connectivity index (χ2n) is 6.73. The highest BCUT2D eigenvalue weighted by molar-refractivity contribution is 7.92. The van der Waals surface area contributed by atoms with Crippen molar-refractivity contribution in [2.24, 2.45) is 0 Å². The molecule has 0 aliphatic carbocycles. The Hall–Kier alpha value is -3.03. The average molecular weight is 460 g/mol. The minimum Gasteiger partial charge on any atom is -0.489 e. The molecule has 0 spiro atoms. The highest BCUT2D eigenvalue weighted by Gasteiger charge is 2.23. The van der Waals surface area contributed by atoms with Gasteiger partial charge in [-0.15, -0.1) is 11.6 Å². The first-order valence-corrected chi connectivity index (χ1v) is 11.4. The molecule has 0 radical (unpaired) electrons. The van der Waals surface area contributed by atoms with Crippen molar-refractivity contribution in [3.05, 3.63) is 89.5 Å². The second-order valence-corrected chi connectivity index (χ2v) is 8.97. The molecule has 0 aromatic heterocycles. The van der Waals surface area contributed by atoms with Gasteiger partial charge in [0.1, 0.15) is 12.4 Å². The van der Waals surface area contributed by atoms with Gasteiger partial charge in [0.25, 0.3) is 10.0 Å². The first-order chi connectivity index (χ1) is 14.8. The molecule has 3 aromatic rings. The third-order valence-electron chi connectivity index (χ3n) is 4.65. The molecule has 8 heteroatoms. The highest BCUT2D eigenvalue weighted by Crippen LogP contribution is 2.27. The largest absolute Gasteiger partial charge is 0.489 e. The van der Waals surface area contributed by atoms with E-state index in [4.69, 9.17) is 21.1 Å². The van der Waals surface area contributed by atoms with Crippen LogP contribution in [-0.4, -0.2) is 28.5 Å². The maximum atomic E-state index is 13.1. The van der Waals surface area contributed by atoms with E-state index < -0.39 is 16.0 Å². The van der Waals surface area contributed by atoms with Gasteiger partial charge in [0.2, 0.25) is 0 Å². The lowest BCUT2D eigenvalue weighted by Crippen LogP contribution is -2.27. The van der Waals surface area contributed by atoms with Crippen molar-refractivity contribution in [1.29, 1.82) is 0 Å². The Labute approximate surface area is 187 Å².